The van der Waals surface area contributed by atoms with Crippen LogP contribution in [0.1, 0.15) is 43.7 Å². The van der Waals surface area contributed by atoms with E-state index in [0.717, 1.165) is 22.3 Å². The molecule has 2 aromatic carbocycles. The zero-order valence-electron chi connectivity index (χ0n) is 19.8. The summed E-state index contributed by atoms with van der Waals surface area (Å²) in [5.41, 5.74) is 4.34. The van der Waals surface area contributed by atoms with Crippen LogP contribution in [0.3, 0.4) is 0 Å². The summed E-state index contributed by atoms with van der Waals surface area (Å²) < 4.78 is 10.6. The highest BCUT2D eigenvalue weighted by molar-refractivity contribution is 5.89. The molecule has 2 N–H and O–H groups in total. The summed E-state index contributed by atoms with van der Waals surface area (Å²) >= 11 is 0. The third kappa shape index (κ3) is 5.75. The van der Waals surface area contributed by atoms with Crippen molar-refractivity contribution < 1.29 is 29.0 Å². The van der Waals surface area contributed by atoms with E-state index in [4.69, 9.17) is 9.47 Å². The number of carbonyl (C=O) groups is 3. The number of hydrogen-bond acceptors (Lipinski definition) is 5. The Morgan fingerprint density at radius 3 is 2.18 bits per heavy atom. The van der Waals surface area contributed by atoms with E-state index in [1.54, 1.807) is 4.90 Å². The monoisotopic (exact) mass is 468 g/mol. The molecule has 3 rings (SSSR count). The molecule has 0 spiro atoms. The van der Waals surface area contributed by atoms with Crippen molar-refractivity contribution in [2.24, 2.45) is 0 Å². The molecule has 8 heteroatoms. The average molecular weight is 469 g/mol. The Morgan fingerprint density at radius 2 is 1.65 bits per heavy atom. The second-order valence-corrected chi connectivity index (χ2v) is 8.40. The molecule has 0 radical (unpaired) electrons. The summed E-state index contributed by atoms with van der Waals surface area (Å²) in [5, 5.41) is 11.8. The van der Waals surface area contributed by atoms with Gasteiger partial charge < -0.3 is 24.8 Å². The van der Waals surface area contributed by atoms with Crippen LogP contribution in [0.15, 0.2) is 48.5 Å². The Bertz CT molecular complexity index is 978. The number of hydrogen-bond donors (Lipinski definition) is 2. The van der Waals surface area contributed by atoms with Gasteiger partial charge >= 0.3 is 12.1 Å². The van der Waals surface area contributed by atoms with Gasteiger partial charge in [0.15, 0.2) is 0 Å². The zero-order chi connectivity index (χ0) is 24.7. The van der Waals surface area contributed by atoms with Crippen molar-refractivity contribution in [1.29, 1.82) is 0 Å². The lowest BCUT2D eigenvalue weighted by Crippen LogP contribution is -2.53. The standard InChI is InChI=1S/C26H32N2O6/c1-4-17(2)28(13-14-33-3)25(31)23(15-24(29)30)27-26(32)34-16-22-20-11-7-5-9-18(20)19-10-6-8-12-21(19)22/h5-12,17,22-23H,4,13-16H2,1-3H3,(H,27,32)(H,29,30). The molecule has 0 fully saturated rings. The van der Waals surface area contributed by atoms with Crippen molar-refractivity contribution in [2.45, 2.75) is 44.7 Å². The van der Waals surface area contributed by atoms with Crippen molar-refractivity contribution in [2.75, 3.05) is 26.9 Å². The van der Waals surface area contributed by atoms with Crippen molar-refractivity contribution in [1.82, 2.24) is 10.2 Å². The van der Waals surface area contributed by atoms with Gasteiger partial charge in [-0.25, -0.2) is 4.79 Å². The number of rotatable bonds is 11. The van der Waals surface area contributed by atoms with E-state index in [1.165, 1.54) is 7.11 Å². The lowest BCUT2D eigenvalue weighted by atomic mass is 9.98. The molecule has 2 aromatic rings. The van der Waals surface area contributed by atoms with Gasteiger partial charge in [0.1, 0.15) is 12.6 Å². The van der Waals surface area contributed by atoms with Gasteiger partial charge in [0.25, 0.3) is 0 Å². The van der Waals surface area contributed by atoms with Gasteiger partial charge in [0.2, 0.25) is 5.91 Å². The van der Waals surface area contributed by atoms with Crippen LogP contribution in [0.4, 0.5) is 4.79 Å². The molecule has 1 aliphatic rings. The van der Waals surface area contributed by atoms with E-state index in [-0.39, 0.29) is 18.6 Å². The lowest BCUT2D eigenvalue weighted by Gasteiger charge is -2.31. The van der Waals surface area contributed by atoms with Crippen LogP contribution in [0.25, 0.3) is 11.1 Å². The molecule has 0 bridgehead atoms. The molecular formula is C26H32N2O6. The van der Waals surface area contributed by atoms with Crippen molar-refractivity contribution in [3.05, 3.63) is 59.7 Å². The van der Waals surface area contributed by atoms with E-state index in [1.807, 2.05) is 62.4 Å². The number of amides is 2. The fraction of sp³-hybridized carbons (Fsp3) is 0.423. The fourth-order valence-corrected chi connectivity index (χ4v) is 4.32. The number of carboxylic acid groups (broad SMARTS) is 1. The van der Waals surface area contributed by atoms with Crippen LogP contribution in [0.5, 0.6) is 0 Å². The van der Waals surface area contributed by atoms with E-state index >= 15 is 0 Å². The minimum Gasteiger partial charge on any atom is -0.481 e. The molecule has 0 aromatic heterocycles. The maximum absolute atomic E-state index is 13.1. The number of fused-ring (bicyclic) bond motifs is 3. The smallest absolute Gasteiger partial charge is 0.407 e. The molecule has 2 unspecified atom stereocenters. The number of aliphatic carboxylic acids is 1. The minimum absolute atomic E-state index is 0.0760. The number of carbonyl (C=O) groups excluding carboxylic acids is 2. The molecule has 0 saturated carbocycles. The minimum atomic E-state index is -1.24. The Labute approximate surface area is 199 Å². The maximum Gasteiger partial charge on any atom is 0.407 e. The molecule has 0 aliphatic heterocycles. The van der Waals surface area contributed by atoms with Crippen LogP contribution in [0.2, 0.25) is 0 Å². The highest BCUT2D eigenvalue weighted by Gasteiger charge is 2.32. The molecule has 1 aliphatic carbocycles. The van der Waals surface area contributed by atoms with E-state index in [9.17, 15) is 19.5 Å². The molecule has 182 valence electrons. The van der Waals surface area contributed by atoms with Gasteiger partial charge in [-0.05, 0) is 35.6 Å². The molecule has 2 atom stereocenters. The Hall–Kier alpha value is -3.39. The van der Waals surface area contributed by atoms with Gasteiger partial charge in [0, 0.05) is 25.6 Å². The molecule has 34 heavy (non-hydrogen) atoms. The summed E-state index contributed by atoms with van der Waals surface area (Å²) in [7, 11) is 1.53. The first-order chi connectivity index (χ1) is 16.4. The summed E-state index contributed by atoms with van der Waals surface area (Å²) in [6.07, 6.45) is -0.680. The maximum atomic E-state index is 13.1. The Balaban J connectivity index is 1.71. The Kier molecular flexibility index (Phi) is 8.65. The molecule has 8 nitrogen and oxygen atoms in total. The van der Waals surface area contributed by atoms with Crippen LogP contribution < -0.4 is 5.32 Å². The molecule has 0 saturated heterocycles. The second kappa shape index (κ2) is 11.7. The largest absolute Gasteiger partial charge is 0.481 e. The van der Waals surface area contributed by atoms with Crippen LogP contribution >= 0.6 is 0 Å². The number of carboxylic acids is 1. The highest BCUT2D eigenvalue weighted by atomic mass is 16.5. The first kappa shape index (κ1) is 25.2. The van der Waals surface area contributed by atoms with Crippen LogP contribution in [-0.4, -0.2) is 66.9 Å². The molecular weight excluding hydrogens is 436 g/mol. The lowest BCUT2D eigenvalue weighted by molar-refractivity contribution is -0.143. The number of nitrogens with one attached hydrogen (secondary N) is 1. The molecule has 2 amide bonds. The normalized spacial score (nSPS) is 14.0. The predicted molar refractivity (Wildman–Crippen MR) is 128 cm³/mol. The first-order valence-corrected chi connectivity index (χ1v) is 11.5. The van der Waals surface area contributed by atoms with Gasteiger partial charge in [-0.3, -0.25) is 9.59 Å². The highest BCUT2D eigenvalue weighted by Crippen LogP contribution is 2.44. The van der Waals surface area contributed by atoms with E-state index in [0.29, 0.717) is 19.6 Å². The van der Waals surface area contributed by atoms with Crippen molar-refractivity contribution in [3.63, 3.8) is 0 Å². The number of ether oxygens (including phenoxy) is 2. The summed E-state index contributed by atoms with van der Waals surface area (Å²) in [4.78, 5) is 38.8. The first-order valence-electron chi connectivity index (χ1n) is 11.5. The topological polar surface area (TPSA) is 105 Å². The second-order valence-electron chi connectivity index (χ2n) is 8.40. The predicted octanol–water partition coefficient (Wildman–Crippen LogP) is 3.64. The summed E-state index contributed by atoms with van der Waals surface area (Å²) in [5.74, 6) is -1.79. The summed E-state index contributed by atoms with van der Waals surface area (Å²) in [6, 6.07) is 14.6. The SMILES string of the molecule is CCC(C)N(CCOC)C(=O)C(CC(=O)O)NC(=O)OCC1c2ccccc2-c2ccccc21. The number of alkyl carbamates (subject to hydrolysis) is 1. The van der Waals surface area contributed by atoms with Gasteiger partial charge in [0.05, 0.1) is 13.0 Å². The quantitative estimate of drug-likeness (QED) is 0.522. The van der Waals surface area contributed by atoms with Crippen LogP contribution in [0, 0.1) is 0 Å². The van der Waals surface area contributed by atoms with Crippen LogP contribution in [-0.2, 0) is 19.1 Å². The van der Waals surface area contributed by atoms with Gasteiger partial charge in [-0.1, -0.05) is 55.5 Å². The number of methoxy groups -OCH3 is 1. The zero-order valence-corrected chi connectivity index (χ0v) is 19.8. The van der Waals surface area contributed by atoms with E-state index < -0.39 is 30.4 Å². The van der Waals surface area contributed by atoms with E-state index in [2.05, 4.69) is 5.32 Å². The van der Waals surface area contributed by atoms with Gasteiger partial charge in [-0.15, -0.1) is 0 Å². The number of nitrogens with zero attached hydrogens (tertiary/aromatic N) is 1. The fourth-order valence-electron chi connectivity index (χ4n) is 4.32. The third-order valence-corrected chi connectivity index (χ3v) is 6.25. The van der Waals surface area contributed by atoms with Crippen molar-refractivity contribution >= 4 is 18.0 Å². The average Bonchev–Trinajstić information content (AvgIpc) is 3.15. The molecule has 0 heterocycles. The number of benzene rings is 2. The third-order valence-electron chi connectivity index (χ3n) is 6.25. The Morgan fingerprint density at radius 1 is 1.06 bits per heavy atom. The van der Waals surface area contributed by atoms with Crippen molar-refractivity contribution in [3.8, 4) is 11.1 Å². The van der Waals surface area contributed by atoms with Gasteiger partial charge in [-0.2, -0.15) is 0 Å². The summed E-state index contributed by atoms with van der Waals surface area (Å²) in [6.45, 7) is 4.49.